The van der Waals surface area contributed by atoms with Crippen molar-refractivity contribution in [3.05, 3.63) is 94.5 Å². The van der Waals surface area contributed by atoms with Crippen molar-refractivity contribution in [1.29, 1.82) is 0 Å². The molecule has 3 aromatic carbocycles. The summed E-state index contributed by atoms with van der Waals surface area (Å²) in [4.78, 5) is 29.5. The van der Waals surface area contributed by atoms with Gasteiger partial charge in [0.05, 0.1) is 12.7 Å². The number of hydrogen-bond acceptors (Lipinski definition) is 4. The van der Waals surface area contributed by atoms with Gasteiger partial charge in [0.2, 0.25) is 0 Å². The van der Waals surface area contributed by atoms with Crippen LogP contribution in [-0.2, 0) is 11.3 Å². The van der Waals surface area contributed by atoms with Crippen molar-refractivity contribution in [2.45, 2.75) is 32.5 Å². The molecule has 1 fully saturated rings. The molecule has 3 aromatic rings. The number of benzene rings is 3. The lowest BCUT2D eigenvalue weighted by Crippen LogP contribution is -2.58. The molecule has 5 nitrogen and oxygen atoms in total. The lowest BCUT2D eigenvalue weighted by Gasteiger charge is -2.44. The standard InChI is InChI=1S/C28H29ClN2O3/c1-19-16-30(18-21-11-13-22(14-12-21)28(33)34-3)17-20(2)31(19)27(32)24-8-6-7-23(15-24)25-9-4-5-10-26(25)29/h4-15,19-20H,16-18H2,1-3H3/t19-,20+. The van der Waals surface area contributed by atoms with E-state index < -0.39 is 0 Å². The van der Waals surface area contributed by atoms with Gasteiger partial charge in [-0.1, -0.05) is 54.1 Å². The molecule has 0 bridgehead atoms. The van der Waals surface area contributed by atoms with E-state index >= 15 is 0 Å². The molecular weight excluding hydrogens is 448 g/mol. The number of esters is 1. The summed E-state index contributed by atoms with van der Waals surface area (Å²) in [6.07, 6.45) is 0. The minimum absolute atomic E-state index is 0.0379. The van der Waals surface area contributed by atoms with Crippen LogP contribution in [0.4, 0.5) is 0 Å². The fourth-order valence-corrected chi connectivity index (χ4v) is 4.99. The monoisotopic (exact) mass is 476 g/mol. The van der Waals surface area contributed by atoms with Crippen molar-refractivity contribution in [1.82, 2.24) is 9.80 Å². The Kier molecular flexibility index (Phi) is 7.35. The quantitative estimate of drug-likeness (QED) is 0.454. The summed E-state index contributed by atoms with van der Waals surface area (Å²) >= 11 is 6.38. The molecule has 1 saturated heterocycles. The largest absolute Gasteiger partial charge is 0.465 e. The Bertz CT molecular complexity index is 1170. The number of amides is 1. The molecule has 4 rings (SSSR count). The van der Waals surface area contributed by atoms with Gasteiger partial charge in [-0.05, 0) is 55.3 Å². The SMILES string of the molecule is COC(=O)c1ccc(CN2C[C@@H](C)N(C(=O)c3cccc(-c4ccccc4Cl)c3)[C@@H](C)C2)cc1. The number of piperazine rings is 1. The van der Waals surface area contributed by atoms with Gasteiger partial charge in [-0.15, -0.1) is 0 Å². The smallest absolute Gasteiger partial charge is 0.337 e. The van der Waals surface area contributed by atoms with Crippen molar-refractivity contribution >= 4 is 23.5 Å². The van der Waals surface area contributed by atoms with Crippen molar-refractivity contribution in [3.63, 3.8) is 0 Å². The van der Waals surface area contributed by atoms with Crippen molar-refractivity contribution in [3.8, 4) is 11.1 Å². The molecule has 1 aliphatic heterocycles. The number of ether oxygens (including phenoxy) is 1. The number of methoxy groups -OCH3 is 1. The molecular formula is C28H29ClN2O3. The van der Waals surface area contributed by atoms with Crippen LogP contribution in [0.3, 0.4) is 0 Å². The van der Waals surface area contributed by atoms with E-state index in [-0.39, 0.29) is 24.0 Å². The van der Waals surface area contributed by atoms with E-state index in [1.807, 2.05) is 65.6 Å². The van der Waals surface area contributed by atoms with E-state index in [1.54, 1.807) is 12.1 Å². The zero-order valence-corrected chi connectivity index (χ0v) is 20.5. The molecule has 2 atom stereocenters. The first kappa shape index (κ1) is 24.0. The normalized spacial score (nSPS) is 18.5. The highest BCUT2D eigenvalue weighted by molar-refractivity contribution is 6.33. The van der Waals surface area contributed by atoms with Gasteiger partial charge in [-0.2, -0.15) is 0 Å². The summed E-state index contributed by atoms with van der Waals surface area (Å²) in [5.74, 6) is -0.296. The van der Waals surface area contributed by atoms with Crippen LogP contribution in [0.5, 0.6) is 0 Å². The van der Waals surface area contributed by atoms with Gasteiger partial charge in [0, 0.05) is 47.9 Å². The zero-order chi connectivity index (χ0) is 24.2. The Labute approximate surface area is 205 Å². The van der Waals surface area contributed by atoms with Gasteiger partial charge in [0.1, 0.15) is 0 Å². The predicted molar refractivity (Wildman–Crippen MR) is 135 cm³/mol. The third-order valence-electron chi connectivity index (χ3n) is 6.30. The van der Waals surface area contributed by atoms with Crippen LogP contribution in [0.15, 0.2) is 72.8 Å². The van der Waals surface area contributed by atoms with Crippen LogP contribution in [-0.4, -0.2) is 54.0 Å². The minimum atomic E-state index is -0.334. The Morgan fingerprint density at radius 2 is 1.59 bits per heavy atom. The second-order valence-corrected chi connectivity index (χ2v) is 9.26. The molecule has 0 unspecified atom stereocenters. The molecule has 0 aliphatic carbocycles. The topological polar surface area (TPSA) is 49.9 Å². The highest BCUT2D eigenvalue weighted by Gasteiger charge is 2.33. The molecule has 1 heterocycles. The highest BCUT2D eigenvalue weighted by atomic mass is 35.5. The van der Waals surface area contributed by atoms with Crippen LogP contribution in [0, 0.1) is 0 Å². The fraction of sp³-hybridized carbons (Fsp3) is 0.286. The molecule has 0 aromatic heterocycles. The number of carbonyl (C=O) groups excluding carboxylic acids is 2. The molecule has 0 spiro atoms. The van der Waals surface area contributed by atoms with Gasteiger partial charge in [-0.25, -0.2) is 4.79 Å². The average Bonchev–Trinajstić information content (AvgIpc) is 2.84. The number of halogens is 1. The van der Waals surface area contributed by atoms with Crippen LogP contribution < -0.4 is 0 Å². The van der Waals surface area contributed by atoms with E-state index in [4.69, 9.17) is 16.3 Å². The molecule has 6 heteroatoms. The van der Waals surface area contributed by atoms with Gasteiger partial charge < -0.3 is 9.64 Å². The maximum absolute atomic E-state index is 13.5. The van der Waals surface area contributed by atoms with E-state index in [0.717, 1.165) is 36.3 Å². The first-order chi connectivity index (χ1) is 16.4. The summed E-state index contributed by atoms with van der Waals surface area (Å²) in [5, 5.41) is 0.669. The lowest BCUT2D eigenvalue weighted by molar-refractivity contribution is 0.0268. The molecule has 0 radical (unpaired) electrons. The van der Waals surface area contributed by atoms with Gasteiger partial charge in [-0.3, -0.25) is 9.69 Å². The van der Waals surface area contributed by atoms with Crippen LogP contribution in [0.2, 0.25) is 5.02 Å². The van der Waals surface area contributed by atoms with Gasteiger partial charge >= 0.3 is 5.97 Å². The minimum Gasteiger partial charge on any atom is -0.465 e. The first-order valence-electron chi connectivity index (χ1n) is 11.4. The summed E-state index contributed by atoms with van der Waals surface area (Å²) in [7, 11) is 1.38. The zero-order valence-electron chi connectivity index (χ0n) is 19.7. The second-order valence-electron chi connectivity index (χ2n) is 8.85. The average molecular weight is 477 g/mol. The van der Waals surface area contributed by atoms with E-state index in [1.165, 1.54) is 7.11 Å². The summed E-state index contributed by atoms with van der Waals surface area (Å²) in [6, 6.07) is 23.0. The molecule has 176 valence electrons. The Morgan fingerprint density at radius 3 is 2.24 bits per heavy atom. The molecule has 1 amide bonds. The van der Waals surface area contributed by atoms with E-state index in [0.29, 0.717) is 16.1 Å². The number of carbonyl (C=O) groups is 2. The van der Waals surface area contributed by atoms with E-state index in [9.17, 15) is 9.59 Å². The second kappa shape index (κ2) is 10.4. The molecule has 34 heavy (non-hydrogen) atoms. The lowest BCUT2D eigenvalue weighted by atomic mass is 10.0. The molecule has 0 N–H and O–H groups in total. The van der Waals surface area contributed by atoms with Gasteiger partial charge in [0.15, 0.2) is 0 Å². The molecule has 0 saturated carbocycles. The highest BCUT2D eigenvalue weighted by Crippen LogP contribution is 2.29. The Balaban J connectivity index is 1.45. The van der Waals surface area contributed by atoms with Crippen molar-refractivity contribution in [2.24, 2.45) is 0 Å². The van der Waals surface area contributed by atoms with Crippen LogP contribution >= 0.6 is 11.6 Å². The first-order valence-corrected chi connectivity index (χ1v) is 11.8. The Morgan fingerprint density at radius 1 is 0.912 bits per heavy atom. The Hall–Kier alpha value is -3.15. The third kappa shape index (κ3) is 5.16. The maximum atomic E-state index is 13.5. The van der Waals surface area contributed by atoms with Crippen molar-refractivity contribution in [2.75, 3.05) is 20.2 Å². The number of hydrogen-bond donors (Lipinski definition) is 0. The summed E-state index contributed by atoms with van der Waals surface area (Å²) < 4.78 is 4.77. The maximum Gasteiger partial charge on any atom is 0.337 e. The molecule has 1 aliphatic rings. The van der Waals surface area contributed by atoms with Crippen LogP contribution in [0.25, 0.3) is 11.1 Å². The predicted octanol–water partition coefficient (Wildman–Crippen LogP) is 5.53. The van der Waals surface area contributed by atoms with E-state index in [2.05, 4.69) is 18.7 Å². The fourth-order valence-electron chi connectivity index (χ4n) is 4.75. The number of rotatable bonds is 5. The summed E-state index contributed by atoms with van der Waals surface area (Å²) in [6.45, 7) is 6.51. The van der Waals surface area contributed by atoms with Gasteiger partial charge in [0.25, 0.3) is 5.91 Å². The van der Waals surface area contributed by atoms with Crippen molar-refractivity contribution < 1.29 is 14.3 Å². The van der Waals surface area contributed by atoms with Crippen LogP contribution in [0.1, 0.15) is 40.1 Å². The third-order valence-corrected chi connectivity index (χ3v) is 6.63. The number of nitrogens with zero attached hydrogens (tertiary/aromatic N) is 2. The summed E-state index contributed by atoms with van der Waals surface area (Å²) in [5.41, 5.74) is 4.19.